The minimum absolute atomic E-state index is 0.0698. The molecule has 2 fully saturated rings. The van der Waals surface area contributed by atoms with E-state index in [9.17, 15) is 14.4 Å². The van der Waals surface area contributed by atoms with Gasteiger partial charge in [0.25, 0.3) is 5.91 Å². The van der Waals surface area contributed by atoms with E-state index in [-0.39, 0.29) is 24.4 Å². The van der Waals surface area contributed by atoms with Crippen LogP contribution in [0, 0.1) is 5.92 Å². The Morgan fingerprint density at radius 1 is 1.14 bits per heavy atom. The lowest BCUT2D eigenvalue weighted by molar-refractivity contribution is -0.145. The molecule has 1 aromatic rings. The van der Waals surface area contributed by atoms with Crippen molar-refractivity contribution < 1.29 is 24.2 Å². The summed E-state index contributed by atoms with van der Waals surface area (Å²) in [5, 5.41) is 9.07. The standard InChI is InChI=1S/C21H28N2O5/c1-15(24)23(13-20(25)26)17-5-4-11-22(12-10-17)21(27)18-6-2-3-7-19(18)28-14-16-8-9-16/h2-3,6-7,16-17H,4-5,8-14H2,1H3,(H,25,26). The molecule has 2 amide bonds. The van der Waals surface area contributed by atoms with Crippen LogP contribution in [0.2, 0.25) is 0 Å². The molecule has 1 saturated heterocycles. The molecule has 0 bridgehead atoms. The lowest BCUT2D eigenvalue weighted by atomic mass is 10.1. The Balaban J connectivity index is 1.65. The van der Waals surface area contributed by atoms with E-state index in [2.05, 4.69) is 0 Å². The molecule has 3 rings (SSSR count). The summed E-state index contributed by atoms with van der Waals surface area (Å²) in [5.74, 6) is -0.106. The number of carboxylic acids is 1. The highest BCUT2D eigenvalue weighted by Crippen LogP contribution is 2.31. The zero-order valence-electron chi connectivity index (χ0n) is 16.3. The van der Waals surface area contributed by atoms with Crippen LogP contribution in [0.1, 0.15) is 49.4 Å². The van der Waals surface area contributed by atoms with Crippen LogP contribution in [0.15, 0.2) is 24.3 Å². The molecule has 1 heterocycles. The predicted octanol–water partition coefficient (Wildman–Crippen LogP) is 2.40. The summed E-state index contributed by atoms with van der Waals surface area (Å²) < 4.78 is 5.87. The van der Waals surface area contributed by atoms with Crippen molar-refractivity contribution in [3.8, 4) is 5.75 Å². The van der Waals surface area contributed by atoms with Crippen molar-refractivity contribution in [3.05, 3.63) is 29.8 Å². The van der Waals surface area contributed by atoms with E-state index in [1.54, 1.807) is 11.0 Å². The maximum atomic E-state index is 13.1. The lowest BCUT2D eigenvalue weighted by Crippen LogP contribution is -2.43. The molecule has 7 heteroatoms. The Morgan fingerprint density at radius 2 is 1.89 bits per heavy atom. The van der Waals surface area contributed by atoms with Crippen LogP contribution in [0.3, 0.4) is 0 Å². The summed E-state index contributed by atoms with van der Waals surface area (Å²) in [7, 11) is 0. The zero-order valence-corrected chi connectivity index (χ0v) is 16.3. The first kappa shape index (κ1) is 20.2. The highest BCUT2D eigenvalue weighted by molar-refractivity contribution is 5.97. The fraction of sp³-hybridized carbons (Fsp3) is 0.571. The Morgan fingerprint density at radius 3 is 2.57 bits per heavy atom. The van der Waals surface area contributed by atoms with Gasteiger partial charge in [-0.1, -0.05) is 12.1 Å². The molecule has 1 aliphatic carbocycles. The second kappa shape index (κ2) is 9.08. The number of aliphatic carboxylic acids is 1. The van der Waals surface area contributed by atoms with Crippen LogP contribution in [-0.2, 0) is 9.59 Å². The molecule has 0 spiro atoms. The van der Waals surface area contributed by atoms with Crippen molar-refractivity contribution in [2.75, 3.05) is 26.2 Å². The van der Waals surface area contributed by atoms with Gasteiger partial charge in [-0.3, -0.25) is 14.4 Å². The summed E-state index contributed by atoms with van der Waals surface area (Å²) in [5.41, 5.74) is 0.565. The third kappa shape index (κ3) is 5.24. The fourth-order valence-corrected chi connectivity index (χ4v) is 3.67. The molecule has 1 atom stereocenters. The minimum Gasteiger partial charge on any atom is -0.492 e. The molecule has 1 unspecified atom stereocenters. The molecule has 1 aromatic carbocycles. The SMILES string of the molecule is CC(=O)N(CC(=O)O)C1CCCN(C(=O)c2ccccc2OCC2CC2)CC1. The summed E-state index contributed by atoms with van der Waals surface area (Å²) in [4.78, 5) is 39.2. The predicted molar refractivity (Wildman–Crippen MR) is 103 cm³/mol. The number of nitrogens with zero attached hydrogens (tertiary/aromatic N) is 2. The number of carboxylic acid groups (broad SMARTS) is 1. The van der Waals surface area contributed by atoms with Crippen molar-refractivity contribution in [1.82, 2.24) is 9.80 Å². The number of para-hydroxylation sites is 1. The van der Waals surface area contributed by atoms with E-state index in [4.69, 9.17) is 9.84 Å². The van der Waals surface area contributed by atoms with E-state index in [0.29, 0.717) is 49.8 Å². The van der Waals surface area contributed by atoms with Gasteiger partial charge in [-0.15, -0.1) is 0 Å². The van der Waals surface area contributed by atoms with Gasteiger partial charge in [-0.05, 0) is 50.2 Å². The van der Waals surface area contributed by atoms with Crippen LogP contribution in [0.25, 0.3) is 0 Å². The number of ether oxygens (including phenoxy) is 1. The van der Waals surface area contributed by atoms with Gasteiger partial charge in [0.2, 0.25) is 5.91 Å². The number of carbonyl (C=O) groups is 3. The van der Waals surface area contributed by atoms with Crippen LogP contribution in [-0.4, -0.2) is 65.0 Å². The molecular weight excluding hydrogens is 360 g/mol. The molecule has 2 aliphatic rings. The van der Waals surface area contributed by atoms with Gasteiger partial charge in [0.1, 0.15) is 12.3 Å². The smallest absolute Gasteiger partial charge is 0.323 e. The van der Waals surface area contributed by atoms with Crippen LogP contribution < -0.4 is 4.74 Å². The highest BCUT2D eigenvalue weighted by Gasteiger charge is 2.29. The quantitative estimate of drug-likeness (QED) is 0.775. The van der Waals surface area contributed by atoms with E-state index in [1.165, 1.54) is 24.7 Å². The van der Waals surface area contributed by atoms with Gasteiger partial charge >= 0.3 is 5.97 Å². The number of likely N-dealkylation sites (tertiary alicyclic amines) is 1. The second-order valence-corrected chi connectivity index (χ2v) is 7.67. The number of amides is 2. The van der Waals surface area contributed by atoms with Gasteiger partial charge in [-0.2, -0.15) is 0 Å². The lowest BCUT2D eigenvalue weighted by Gasteiger charge is -2.29. The molecule has 152 valence electrons. The van der Waals surface area contributed by atoms with Crippen LogP contribution >= 0.6 is 0 Å². The normalized spacial score (nSPS) is 19.6. The third-order valence-electron chi connectivity index (χ3n) is 5.42. The van der Waals surface area contributed by atoms with Gasteiger partial charge in [0.05, 0.1) is 12.2 Å². The van der Waals surface area contributed by atoms with Crippen molar-refractivity contribution in [2.45, 2.75) is 45.1 Å². The monoisotopic (exact) mass is 388 g/mol. The van der Waals surface area contributed by atoms with E-state index < -0.39 is 5.97 Å². The van der Waals surface area contributed by atoms with E-state index >= 15 is 0 Å². The molecule has 0 radical (unpaired) electrons. The molecule has 1 N–H and O–H groups in total. The number of hydrogen-bond donors (Lipinski definition) is 1. The highest BCUT2D eigenvalue weighted by atomic mass is 16.5. The average Bonchev–Trinajstić information content (AvgIpc) is 3.50. The number of hydrogen-bond acceptors (Lipinski definition) is 4. The van der Waals surface area contributed by atoms with Crippen molar-refractivity contribution in [1.29, 1.82) is 0 Å². The Labute approximate surface area is 165 Å². The molecule has 28 heavy (non-hydrogen) atoms. The minimum atomic E-state index is -1.02. The Bertz CT molecular complexity index is 731. The average molecular weight is 388 g/mol. The van der Waals surface area contributed by atoms with Crippen molar-refractivity contribution in [2.24, 2.45) is 5.92 Å². The zero-order chi connectivity index (χ0) is 20.1. The van der Waals surface area contributed by atoms with Gasteiger partial charge in [-0.25, -0.2) is 0 Å². The summed E-state index contributed by atoms with van der Waals surface area (Å²) >= 11 is 0. The molecular formula is C21H28N2O5. The first-order valence-electron chi connectivity index (χ1n) is 9.96. The van der Waals surface area contributed by atoms with Crippen LogP contribution in [0.5, 0.6) is 5.75 Å². The Hall–Kier alpha value is -2.57. The van der Waals surface area contributed by atoms with Crippen molar-refractivity contribution >= 4 is 17.8 Å². The number of rotatable bonds is 7. The van der Waals surface area contributed by atoms with E-state index in [0.717, 1.165) is 6.42 Å². The molecule has 1 saturated carbocycles. The molecule has 7 nitrogen and oxygen atoms in total. The summed E-state index contributed by atoms with van der Waals surface area (Å²) in [6, 6.07) is 7.17. The maximum Gasteiger partial charge on any atom is 0.323 e. The van der Waals surface area contributed by atoms with Gasteiger partial charge < -0.3 is 19.6 Å². The number of benzene rings is 1. The third-order valence-corrected chi connectivity index (χ3v) is 5.42. The Kier molecular flexibility index (Phi) is 6.54. The van der Waals surface area contributed by atoms with Gasteiger partial charge in [0.15, 0.2) is 0 Å². The topological polar surface area (TPSA) is 87.2 Å². The number of carbonyl (C=O) groups excluding carboxylic acids is 2. The molecule has 1 aliphatic heterocycles. The summed E-state index contributed by atoms with van der Waals surface area (Å²) in [6.07, 6.45) is 4.37. The summed E-state index contributed by atoms with van der Waals surface area (Å²) in [6.45, 7) is 2.82. The molecule has 0 aromatic heterocycles. The first-order chi connectivity index (χ1) is 13.5. The largest absolute Gasteiger partial charge is 0.492 e. The van der Waals surface area contributed by atoms with Crippen molar-refractivity contribution in [3.63, 3.8) is 0 Å². The van der Waals surface area contributed by atoms with Crippen LogP contribution in [0.4, 0.5) is 0 Å². The second-order valence-electron chi connectivity index (χ2n) is 7.67. The first-order valence-corrected chi connectivity index (χ1v) is 9.96. The van der Waals surface area contributed by atoms with Gasteiger partial charge in [0, 0.05) is 26.1 Å². The fourth-order valence-electron chi connectivity index (χ4n) is 3.67. The maximum absolute atomic E-state index is 13.1. The van der Waals surface area contributed by atoms with E-state index in [1.807, 2.05) is 18.2 Å².